The van der Waals surface area contributed by atoms with Crippen molar-refractivity contribution < 1.29 is 15.0 Å². The van der Waals surface area contributed by atoms with Crippen molar-refractivity contribution in [2.45, 2.75) is 6.42 Å². The van der Waals surface area contributed by atoms with Gasteiger partial charge in [-0.25, -0.2) is 0 Å². The Morgan fingerprint density at radius 2 is 2.07 bits per heavy atom. The Morgan fingerprint density at radius 1 is 1.47 bits per heavy atom. The highest BCUT2D eigenvalue weighted by molar-refractivity contribution is 5.22. The van der Waals surface area contributed by atoms with Gasteiger partial charge in [-0.3, -0.25) is 20.2 Å². The second-order valence-corrected chi connectivity index (χ2v) is 2.87. The molecule has 0 aliphatic heterocycles. The zero-order chi connectivity index (χ0) is 11.6. The zero-order valence-corrected chi connectivity index (χ0v) is 7.54. The summed E-state index contributed by atoms with van der Waals surface area (Å²) >= 11 is 0. The second-order valence-electron chi connectivity index (χ2n) is 2.87. The van der Waals surface area contributed by atoms with E-state index in [-0.39, 0.29) is 6.42 Å². The van der Waals surface area contributed by atoms with E-state index in [4.69, 9.17) is 0 Å². The zero-order valence-electron chi connectivity index (χ0n) is 7.54. The summed E-state index contributed by atoms with van der Waals surface area (Å²) in [6.07, 6.45) is 3.05. The minimum absolute atomic E-state index is 0.139. The summed E-state index contributed by atoms with van der Waals surface area (Å²) in [6, 6.07) is 0. The van der Waals surface area contributed by atoms with Crippen LogP contribution in [-0.2, 0) is 0 Å². The molecule has 0 spiro atoms. The van der Waals surface area contributed by atoms with E-state index in [2.05, 4.69) is 6.58 Å². The molecule has 0 heterocycles. The van der Waals surface area contributed by atoms with Gasteiger partial charge in [-0.1, -0.05) is 6.08 Å². The highest BCUT2D eigenvalue weighted by Crippen LogP contribution is 2.28. The fourth-order valence-corrected chi connectivity index (χ4v) is 1.19. The smallest absolute Gasteiger partial charge is 0.321 e. The van der Waals surface area contributed by atoms with Gasteiger partial charge in [0.05, 0.1) is 22.2 Å². The molecule has 7 nitrogen and oxygen atoms in total. The van der Waals surface area contributed by atoms with Crippen LogP contribution in [-0.4, -0.2) is 15.0 Å². The van der Waals surface area contributed by atoms with E-state index in [1.165, 1.54) is 6.08 Å². The quantitative estimate of drug-likeness (QED) is 0.428. The number of nitro groups is 2. The van der Waals surface area contributed by atoms with Gasteiger partial charge in [-0.05, 0) is 0 Å². The van der Waals surface area contributed by atoms with E-state index < -0.39 is 32.9 Å². The number of hydrogen-bond donors (Lipinski definition) is 1. The van der Waals surface area contributed by atoms with Gasteiger partial charge >= 0.3 is 5.70 Å². The summed E-state index contributed by atoms with van der Waals surface area (Å²) in [7, 11) is 0. The van der Waals surface area contributed by atoms with Crippen LogP contribution in [0.3, 0.4) is 0 Å². The lowest BCUT2D eigenvalue weighted by Crippen LogP contribution is -2.18. The van der Waals surface area contributed by atoms with Gasteiger partial charge in [-0.2, -0.15) is 0 Å². The molecule has 79 valence electrons. The van der Waals surface area contributed by atoms with Gasteiger partial charge < -0.3 is 5.11 Å². The fraction of sp³-hybridized carbons (Fsp3) is 0.250. The Bertz CT molecular complexity index is 396. The van der Waals surface area contributed by atoms with Gasteiger partial charge in [0.25, 0.3) is 5.70 Å². The molecule has 1 N–H and O–H groups in total. The van der Waals surface area contributed by atoms with Crippen LogP contribution in [0, 0.1) is 32.2 Å². The molecule has 1 atom stereocenters. The molecule has 1 unspecified atom stereocenters. The molecule has 0 bridgehead atoms. The predicted molar refractivity (Wildman–Crippen MR) is 48.7 cm³/mol. The predicted octanol–water partition coefficient (Wildman–Crippen LogP) is 1.20. The SMILES string of the molecule is C=CC1CC([N+](=O)[O-])=[C]C([N+](=O)[O-])=C1O. The summed E-state index contributed by atoms with van der Waals surface area (Å²) < 4.78 is 0. The van der Waals surface area contributed by atoms with Crippen LogP contribution in [0.4, 0.5) is 0 Å². The van der Waals surface area contributed by atoms with Gasteiger partial charge in [0.1, 0.15) is 6.08 Å². The van der Waals surface area contributed by atoms with Gasteiger partial charge in [0.15, 0.2) is 5.76 Å². The topological polar surface area (TPSA) is 107 Å². The normalized spacial score (nSPS) is 20.8. The number of nitrogens with zero attached hydrogens (tertiary/aromatic N) is 2. The first-order valence-electron chi connectivity index (χ1n) is 3.94. The fourth-order valence-electron chi connectivity index (χ4n) is 1.19. The summed E-state index contributed by atoms with van der Waals surface area (Å²) in [5.41, 5.74) is -1.19. The average molecular weight is 211 g/mol. The van der Waals surface area contributed by atoms with E-state index in [9.17, 15) is 25.3 Å². The first kappa shape index (κ1) is 10.9. The largest absolute Gasteiger partial charge is 0.505 e. The molecule has 1 radical (unpaired) electrons. The highest BCUT2D eigenvalue weighted by atomic mass is 16.6. The van der Waals surface area contributed by atoms with Crippen LogP contribution >= 0.6 is 0 Å². The molecule has 0 amide bonds. The molecule has 0 aromatic carbocycles. The third-order valence-electron chi connectivity index (χ3n) is 1.96. The van der Waals surface area contributed by atoms with Gasteiger partial charge in [-0.15, -0.1) is 6.58 Å². The molecule has 1 aliphatic rings. The van der Waals surface area contributed by atoms with Crippen molar-refractivity contribution in [3.05, 3.63) is 56.1 Å². The van der Waals surface area contributed by atoms with Crippen LogP contribution in [0.15, 0.2) is 29.8 Å². The number of aliphatic hydroxyl groups is 1. The maximum atomic E-state index is 10.4. The minimum Gasteiger partial charge on any atom is -0.505 e. The van der Waals surface area contributed by atoms with E-state index in [1.54, 1.807) is 0 Å². The number of hydrogen-bond acceptors (Lipinski definition) is 5. The van der Waals surface area contributed by atoms with E-state index in [0.29, 0.717) is 0 Å². The Labute approximate surface area is 84.3 Å². The number of rotatable bonds is 3. The van der Waals surface area contributed by atoms with Crippen LogP contribution in [0.2, 0.25) is 0 Å². The summed E-state index contributed by atoms with van der Waals surface area (Å²) in [6.45, 7) is 3.34. The highest BCUT2D eigenvalue weighted by Gasteiger charge is 2.34. The molecule has 0 saturated heterocycles. The van der Waals surface area contributed by atoms with Crippen LogP contribution < -0.4 is 0 Å². The lowest BCUT2D eigenvalue weighted by atomic mass is 9.95. The van der Waals surface area contributed by atoms with Crippen molar-refractivity contribution in [1.82, 2.24) is 0 Å². The Morgan fingerprint density at radius 3 is 2.47 bits per heavy atom. The molecule has 0 fully saturated rings. The van der Waals surface area contributed by atoms with E-state index in [1.807, 2.05) is 6.08 Å². The summed E-state index contributed by atoms with van der Waals surface area (Å²) in [5.74, 6) is -1.34. The third kappa shape index (κ3) is 2.01. The molecular weight excluding hydrogens is 204 g/mol. The molecule has 15 heavy (non-hydrogen) atoms. The van der Waals surface area contributed by atoms with Crippen LogP contribution in [0.1, 0.15) is 6.42 Å². The van der Waals surface area contributed by atoms with E-state index >= 15 is 0 Å². The number of aliphatic hydroxyl groups excluding tert-OH is 1. The summed E-state index contributed by atoms with van der Waals surface area (Å²) in [5, 5.41) is 30.3. The molecule has 0 saturated carbocycles. The molecule has 1 aliphatic carbocycles. The monoisotopic (exact) mass is 211 g/mol. The van der Waals surface area contributed by atoms with Crippen LogP contribution in [0.25, 0.3) is 0 Å². The maximum absolute atomic E-state index is 10.4. The maximum Gasteiger partial charge on any atom is 0.321 e. The molecule has 7 heteroatoms. The lowest BCUT2D eigenvalue weighted by molar-refractivity contribution is -0.442. The third-order valence-corrected chi connectivity index (χ3v) is 1.96. The van der Waals surface area contributed by atoms with E-state index in [0.717, 1.165) is 0 Å². The minimum atomic E-state index is -0.908. The average Bonchev–Trinajstić information content (AvgIpc) is 2.17. The van der Waals surface area contributed by atoms with Gasteiger partial charge in [0.2, 0.25) is 0 Å². The first-order chi connectivity index (χ1) is 6.97. The molecule has 0 aromatic heterocycles. The molecule has 0 aromatic rings. The Hall–Kier alpha value is -2.18. The second kappa shape index (κ2) is 3.91. The van der Waals surface area contributed by atoms with Crippen molar-refractivity contribution in [2.24, 2.45) is 5.92 Å². The lowest BCUT2D eigenvalue weighted by Gasteiger charge is -2.12. The van der Waals surface area contributed by atoms with Crippen molar-refractivity contribution in [3.8, 4) is 0 Å². The van der Waals surface area contributed by atoms with Crippen molar-refractivity contribution in [3.63, 3.8) is 0 Å². The number of allylic oxidation sites excluding steroid dienone is 3. The Balaban J connectivity index is 3.22. The van der Waals surface area contributed by atoms with Crippen molar-refractivity contribution in [1.29, 1.82) is 0 Å². The van der Waals surface area contributed by atoms with Crippen molar-refractivity contribution >= 4 is 0 Å². The summed E-state index contributed by atoms with van der Waals surface area (Å²) in [4.78, 5) is 19.2. The Kier molecular flexibility index (Phi) is 2.84. The van der Waals surface area contributed by atoms with Crippen LogP contribution in [0.5, 0.6) is 0 Å². The first-order valence-corrected chi connectivity index (χ1v) is 3.94. The van der Waals surface area contributed by atoms with Crippen molar-refractivity contribution in [2.75, 3.05) is 0 Å². The molecule has 1 rings (SSSR count). The molecular formula is C8H7N2O5. The standard InChI is InChI=1S/C8H7N2O5/c1-2-5-3-6(9(12)13)4-7(8(5)11)10(14)15/h2,5,11H,1,3H2. The van der Waals surface area contributed by atoms with Gasteiger partial charge in [0, 0.05) is 0 Å².